The van der Waals surface area contributed by atoms with Gasteiger partial charge in [0.2, 0.25) is 0 Å². The lowest BCUT2D eigenvalue weighted by atomic mass is 9.97. The van der Waals surface area contributed by atoms with Gasteiger partial charge in [-0.25, -0.2) is 0 Å². The first kappa shape index (κ1) is 13.5. The fourth-order valence-corrected chi connectivity index (χ4v) is 1.84. The van der Waals surface area contributed by atoms with Crippen molar-refractivity contribution in [3.63, 3.8) is 0 Å². The Morgan fingerprint density at radius 1 is 1.50 bits per heavy atom. The molecule has 5 heteroatoms. The van der Waals surface area contributed by atoms with Gasteiger partial charge in [0.25, 0.3) is 5.69 Å². The molecule has 0 radical (unpaired) electrons. The van der Waals surface area contributed by atoms with E-state index in [1.165, 1.54) is 6.07 Å². The number of halogens is 2. The largest absolute Gasteiger partial charge is 0.274 e. The van der Waals surface area contributed by atoms with Gasteiger partial charge in [-0.15, -0.1) is 0 Å². The van der Waals surface area contributed by atoms with Gasteiger partial charge in [-0.1, -0.05) is 47.4 Å². The Morgan fingerprint density at radius 3 is 2.62 bits per heavy atom. The minimum Gasteiger partial charge on any atom is -0.258 e. The Morgan fingerprint density at radius 2 is 2.12 bits per heavy atom. The summed E-state index contributed by atoms with van der Waals surface area (Å²) in [4.78, 5) is 10.8. The fourth-order valence-electron chi connectivity index (χ4n) is 1.40. The van der Waals surface area contributed by atoms with E-state index in [-0.39, 0.29) is 10.6 Å². The van der Waals surface area contributed by atoms with Gasteiger partial charge in [0.15, 0.2) is 0 Å². The van der Waals surface area contributed by atoms with E-state index in [1.54, 1.807) is 12.1 Å². The predicted molar refractivity (Wildman–Crippen MR) is 69.4 cm³/mol. The van der Waals surface area contributed by atoms with Crippen LogP contribution in [0, 0.1) is 16.0 Å². The molecule has 1 rings (SSSR count). The second-order valence-electron chi connectivity index (χ2n) is 3.85. The summed E-state index contributed by atoms with van der Waals surface area (Å²) >= 11 is 9.47. The van der Waals surface area contributed by atoms with Crippen LogP contribution in [-0.2, 0) is 6.42 Å². The molecule has 0 saturated heterocycles. The number of nitro groups is 1. The highest BCUT2D eigenvalue weighted by Crippen LogP contribution is 2.30. The van der Waals surface area contributed by atoms with Crippen LogP contribution >= 0.6 is 27.5 Å². The van der Waals surface area contributed by atoms with Crippen LogP contribution in [-0.4, -0.2) is 9.75 Å². The second-order valence-corrected chi connectivity index (χ2v) is 5.71. The summed E-state index contributed by atoms with van der Waals surface area (Å²) in [6.45, 7) is 4.06. The average molecular weight is 307 g/mol. The first-order valence-electron chi connectivity index (χ1n) is 4.99. The van der Waals surface area contributed by atoms with Crippen LogP contribution in [0.2, 0.25) is 5.02 Å². The van der Waals surface area contributed by atoms with E-state index in [9.17, 15) is 10.1 Å². The van der Waals surface area contributed by atoms with Crippen LogP contribution in [0.15, 0.2) is 18.2 Å². The first-order valence-corrected chi connectivity index (χ1v) is 6.28. The summed E-state index contributed by atoms with van der Waals surface area (Å²) in [5.74, 6) is 0.290. The van der Waals surface area contributed by atoms with Crippen molar-refractivity contribution < 1.29 is 4.92 Å². The standard InChI is InChI=1S/C11H13BrClNO2/c1-7(8(2)12)6-9-10(13)4-3-5-11(9)14(15)16/h3-5,7-8H,6H2,1-2H3. The molecule has 2 atom stereocenters. The number of hydrogen-bond acceptors (Lipinski definition) is 2. The van der Waals surface area contributed by atoms with Crippen molar-refractivity contribution in [3.05, 3.63) is 38.9 Å². The minimum absolute atomic E-state index is 0.104. The summed E-state index contributed by atoms with van der Waals surface area (Å²) in [7, 11) is 0. The highest BCUT2D eigenvalue weighted by Gasteiger charge is 2.20. The number of alkyl halides is 1. The molecule has 0 saturated carbocycles. The van der Waals surface area contributed by atoms with Crippen LogP contribution in [0.1, 0.15) is 19.4 Å². The van der Waals surface area contributed by atoms with Crippen LogP contribution in [0.25, 0.3) is 0 Å². The Hall–Kier alpha value is -0.610. The monoisotopic (exact) mass is 305 g/mol. The van der Waals surface area contributed by atoms with Crippen molar-refractivity contribution >= 4 is 33.2 Å². The SMILES string of the molecule is CC(Br)C(C)Cc1c(Cl)cccc1[N+](=O)[O-]. The van der Waals surface area contributed by atoms with Crippen molar-refractivity contribution in [2.24, 2.45) is 5.92 Å². The van der Waals surface area contributed by atoms with Gasteiger partial charge in [0.05, 0.1) is 9.95 Å². The molecule has 0 heterocycles. The topological polar surface area (TPSA) is 43.1 Å². The molecule has 0 fully saturated rings. The summed E-state index contributed by atoms with van der Waals surface area (Å²) in [6.07, 6.45) is 0.600. The molecule has 2 unspecified atom stereocenters. The average Bonchev–Trinajstić information content (AvgIpc) is 2.20. The number of benzene rings is 1. The normalized spacial score (nSPS) is 14.5. The Kier molecular flexibility index (Phi) is 4.74. The molecule has 16 heavy (non-hydrogen) atoms. The number of hydrogen-bond donors (Lipinski definition) is 0. The van der Waals surface area contributed by atoms with Crippen molar-refractivity contribution in [1.29, 1.82) is 0 Å². The third-order valence-corrected chi connectivity index (χ3v) is 3.86. The van der Waals surface area contributed by atoms with E-state index in [0.29, 0.717) is 27.8 Å². The zero-order valence-corrected chi connectivity index (χ0v) is 11.5. The van der Waals surface area contributed by atoms with Gasteiger partial charge in [0.1, 0.15) is 0 Å². The van der Waals surface area contributed by atoms with Gasteiger partial charge >= 0.3 is 0 Å². The maximum absolute atomic E-state index is 10.9. The van der Waals surface area contributed by atoms with Crippen molar-refractivity contribution in [1.82, 2.24) is 0 Å². The van der Waals surface area contributed by atoms with Crippen molar-refractivity contribution in [2.75, 3.05) is 0 Å². The zero-order valence-electron chi connectivity index (χ0n) is 9.11. The third kappa shape index (κ3) is 3.19. The number of rotatable bonds is 4. The Balaban J connectivity index is 3.06. The Bertz CT molecular complexity index is 396. The smallest absolute Gasteiger partial charge is 0.258 e. The molecular weight excluding hydrogens is 293 g/mol. The van der Waals surface area contributed by atoms with E-state index in [4.69, 9.17) is 11.6 Å². The van der Waals surface area contributed by atoms with Crippen molar-refractivity contribution in [2.45, 2.75) is 25.1 Å². The highest BCUT2D eigenvalue weighted by atomic mass is 79.9. The molecule has 0 aliphatic rings. The van der Waals surface area contributed by atoms with Crippen LogP contribution in [0.3, 0.4) is 0 Å². The molecule has 0 amide bonds. The maximum atomic E-state index is 10.9. The van der Waals surface area contributed by atoms with Crippen LogP contribution in [0.4, 0.5) is 5.69 Å². The van der Waals surface area contributed by atoms with Gasteiger partial charge in [0, 0.05) is 16.5 Å². The minimum atomic E-state index is -0.382. The van der Waals surface area contributed by atoms with Gasteiger partial charge in [-0.2, -0.15) is 0 Å². The number of nitro benzene ring substituents is 1. The van der Waals surface area contributed by atoms with Gasteiger partial charge in [-0.3, -0.25) is 10.1 Å². The van der Waals surface area contributed by atoms with E-state index in [0.717, 1.165) is 0 Å². The molecule has 0 bridgehead atoms. The second kappa shape index (κ2) is 5.64. The molecule has 1 aromatic rings. The zero-order chi connectivity index (χ0) is 12.3. The van der Waals surface area contributed by atoms with E-state index in [1.807, 2.05) is 13.8 Å². The molecule has 3 nitrogen and oxygen atoms in total. The van der Waals surface area contributed by atoms with Gasteiger partial charge in [-0.05, 0) is 18.4 Å². The number of nitrogens with zero attached hydrogens (tertiary/aromatic N) is 1. The van der Waals surface area contributed by atoms with E-state index < -0.39 is 0 Å². The molecule has 0 N–H and O–H groups in total. The maximum Gasteiger partial charge on any atom is 0.274 e. The van der Waals surface area contributed by atoms with E-state index in [2.05, 4.69) is 15.9 Å². The lowest BCUT2D eigenvalue weighted by molar-refractivity contribution is -0.385. The quantitative estimate of drug-likeness (QED) is 0.475. The van der Waals surface area contributed by atoms with Gasteiger partial charge < -0.3 is 0 Å². The van der Waals surface area contributed by atoms with E-state index >= 15 is 0 Å². The fraction of sp³-hybridized carbons (Fsp3) is 0.455. The lowest BCUT2D eigenvalue weighted by Gasteiger charge is -2.14. The highest BCUT2D eigenvalue weighted by molar-refractivity contribution is 9.09. The lowest BCUT2D eigenvalue weighted by Crippen LogP contribution is -2.11. The van der Waals surface area contributed by atoms with Crippen LogP contribution < -0.4 is 0 Å². The Labute approximate surface area is 108 Å². The molecule has 0 aliphatic heterocycles. The summed E-state index contributed by atoms with van der Waals surface area (Å²) in [6, 6.07) is 4.79. The molecule has 1 aromatic carbocycles. The molecule has 88 valence electrons. The van der Waals surface area contributed by atoms with Crippen LogP contribution in [0.5, 0.6) is 0 Å². The predicted octanol–water partition coefficient (Wildman–Crippen LogP) is 4.21. The summed E-state index contributed by atoms with van der Waals surface area (Å²) in [5.41, 5.74) is 0.723. The molecule has 0 spiro atoms. The molecule has 0 aromatic heterocycles. The van der Waals surface area contributed by atoms with Crippen molar-refractivity contribution in [3.8, 4) is 0 Å². The molecule has 0 aliphatic carbocycles. The summed E-state index contributed by atoms with van der Waals surface area (Å²) in [5, 5.41) is 11.3. The first-order chi connectivity index (χ1) is 7.43. The summed E-state index contributed by atoms with van der Waals surface area (Å²) < 4.78 is 0. The molecular formula is C11H13BrClNO2. The third-order valence-electron chi connectivity index (χ3n) is 2.60.